The smallest absolute Gasteiger partial charge is 0.419 e. The molecule has 0 spiro atoms. The van der Waals surface area contributed by atoms with Crippen molar-refractivity contribution in [2.75, 3.05) is 13.1 Å². The van der Waals surface area contributed by atoms with Crippen molar-refractivity contribution >= 4 is 17.5 Å². The minimum Gasteiger partial charge on any atom is -0.481 e. The van der Waals surface area contributed by atoms with Crippen LogP contribution >= 0.6 is 11.6 Å². The molecule has 0 radical (unpaired) electrons. The van der Waals surface area contributed by atoms with Crippen molar-refractivity contribution in [3.63, 3.8) is 0 Å². The Hall–Kier alpha value is -1.47. The molecule has 1 aromatic rings. The number of ether oxygens (including phenoxy) is 1. The van der Waals surface area contributed by atoms with Crippen LogP contribution in [0.2, 0.25) is 5.02 Å². The fourth-order valence-electron chi connectivity index (χ4n) is 2.27. The maximum atomic E-state index is 12.7. The molecule has 22 heavy (non-hydrogen) atoms. The van der Waals surface area contributed by atoms with Crippen molar-refractivity contribution in [2.24, 2.45) is 0 Å². The number of rotatable bonds is 3. The normalized spacial score (nSPS) is 23.5. The summed E-state index contributed by atoms with van der Waals surface area (Å²) in [6.45, 7) is 0.491. The zero-order valence-corrected chi connectivity index (χ0v) is 12.5. The van der Waals surface area contributed by atoms with Gasteiger partial charge in [0.25, 0.3) is 5.91 Å². The molecular formula is C14H15ClF3NO3. The second-order valence-electron chi connectivity index (χ2n) is 5.26. The summed E-state index contributed by atoms with van der Waals surface area (Å²) < 4.78 is 43.6. The molecule has 1 N–H and O–H groups in total. The van der Waals surface area contributed by atoms with E-state index in [1.165, 1.54) is 13.0 Å². The van der Waals surface area contributed by atoms with Crippen molar-refractivity contribution < 1.29 is 27.8 Å². The Morgan fingerprint density at radius 2 is 2.18 bits per heavy atom. The second-order valence-corrected chi connectivity index (χ2v) is 5.69. The quantitative estimate of drug-likeness (QED) is 0.922. The van der Waals surface area contributed by atoms with E-state index in [9.17, 15) is 23.1 Å². The number of hydrogen-bond acceptors (Lipinski definition) is 3. The number of carbonyl (C=O) groups is 1. The number of alkyl halides is 3. The first-order chi connectivity index (χ1) is 10.1. The molecule has 2 unspecified atom stereocenters. The number of aliphatic hydroxyl groups is 1. The molecule has 0 aliphatic carbocycles. The molecule has 122 valence electrons. The molecule has 1 aromatic carbocycles. The summed E-state index contributed by atoms with van der Waals surface area (Å²) in [7, 11) is 0. The third-order valence-corrected chi connectivity index (χ3v) is 3.78. The van der Waals surface area contributed by atoms with Crippen molar-refractivity contribution in [1.82, 2.24) is 4.90 Å². The van der Waals surface area contributed by atoms with E-state index in [0.29, 0.717) is 10.8 Å². The average Bonchev–Trinajstić information content (AvgIpc) is 2.81. The van der Waals surface area contributed by atoms with Crippen LogP contribution in [0.15, 0.2) is 24.3 Å². The second kappa shape index (κ2) is 5.96. The summed E-state index contributed by atoms with van der Waals surface area (Å²) in [6, 6.07) is 6.35. The predicted molar refractivity (Wildman–Crippen MR) is 73.7 cm³/mol. The Bertz CT molecular complexity index is 567. The number of hydrogen-bond donors (Lipinski definition) is 1. The average molecular weight is 338 g/mol. The Morgan fingerprint density at radius 1 is 1.50 bits per heavy atom. The molecule has 4 nitrogen and oxygen atoms in total. The van der Waals surface area contributed by atoms with Gasteiger partial charge in [0.15, 0.2) is 11.7 Å². The van der Waals surface area contributed by atoms with Crippen LogP contribution in [0.25, 0.3) is 0 Å². The number of likely N-dealkylation sites (tertiary alicyclic amines) is 1. The van der Waals surface area contributed by atoms with Crippen LogP contribution in [0.4, 0.5) is 13.2 Å². The predicted octanol–water partition coefficient (Wildman–Crippen LogP) is 2.63. The van der Waals surface area contributed by atoms with Gasteiger partial charge in [-0.1, -0.05) is 17.7 Å². The minimum atomic E-state index is -4.76. The van der Waals surface area contributed by atoms with E-state index < -0.39 is 36.8 Å². The Labute approximate surface area is 130 Å². The molecule has 1 amide bonds. The number of β-amino-alcohol motifs (C(OH)–C–C–N with tert-alkyl or cyclic N) is 1. The first kappa shape index (κ1) is 16.9. The van der Waals surface area contributed by atoms with Gasteiger partial charge in [0.2, 0.25) is 0 Å². The third kappa shape index (κ3) is 3.47. The number of amides is 1. The van der Waals surface area contributed by atoms with E-state index in [-0.39, 0.29) is 6.54 Å². The molecule has 1 aliphatic heterocycles. The van der Waals surface area contributed by atoms with Crippen LogP contribution in [-0.2, 0) is 4.79 Å². The monoisotopic (exact) mass is 337 g/mol. The van der Waals surface area contributed by atoms with E-state index in [2.05, 4.69) is 0 Å². The number of nitrogens with zero attached hydrogens (tertiary/aromatic N) is 1. The van der Waals surface area contributed by atoms with Crippen molar-refractivity contribution in [2.45, 2.75) is 31.2 Å². The van der Waals surface area contributed by atoms with Crippen LogP contribution in [0, 0.1) is 0 Å². The molecule has 1 aliphatic rings. The first-order valence-corrected chi connectivity index (χ1v) is 7.00. The summed E-state index contributed by atoms with van der Waals surface area (Å²) in [5.41, 5.74) is -2.85. The fraction of sp³-hybridized carbons (Fsp3) is 0.500. The highest BCUT2D eigenvalue weighted by molar-refractivity contribution is 6.30. The maximum absolute atomic E-state index is 12.7. The Kier molecular flexibility index (Phi) is 4.58. The number of halogens is 4. The molecule has 8 heteroatoms. The van der Waals surface area contributed by atoms with Crippen LogP contribution in [0.5, 0.6) is 5.75 Å². The van der Waals surface area contributed by atoms with Crippen molar-refractivity contribution in [3.8, 4) is 5.75 Å². The molecular weight excluding hydrogens is 323 g/mol. The van der Waals surface area contributed by atoms with Crippen LogP contribution in [0.3, 0.4) is 0 Å². The highest BCUT2D eigenvalue weighted by Gasteiger charge is 2.58. The van der Waals surface area contributed by atoms with Gasteiger partial charge in [-0.05, 0) is 25.1 Å². The van der Waals surface area contributed by atoms with E-state index in [0.717, 1.165) is 4.90 Å². The van der Waals surface area contributed by atoms with Gasteiger partial charge in [-0.2, -0.15) is 13.2 Å². The first-order valence-electron chi connectivity index (χ1n) is 6.62. The van der Waals surface area contributed by atoms with E-state index in [1.54, 1.807) is 18.2 Å². The summed E-state index contributed by atoms with van der Waals surface area (Å²) in [6.07, 6.45) is -6.28. The van der Waals surface area contributed by atoms with Crippen molar-refractivity contribution in [3.05, 3.63) is 29.3 Å². The van der Waals surface area contributed by atoms with Gasteiger partial charge >= 0.3 is 6.18 Å². The van der Waals surface area contributed by atoms with Gasteiger partial charge in [0.05, 0.1) is 6.54 Å². The topological polar surface area (TPSA) is 49.8 Å². The lowest BCUT2D eigenvalue weighted by Crippen LogP contribution is -2.49. The molecule has 1 fully saturated rings. The molecule has 0 aromatic heterocycles. The molecule has 0 bridgehead atoms. The van der Waals surface area contributed by atoms with E-state index in [4.69, 9.17) is 16.3 Å². The van der Waals surface area contributed by atoms with Crippen LogP contribution < -0.4 is 4.74 Å². The Morgan fingerprint density at radius 3 is 2.73 bits per heavy atom. The molecule has 1 saturated heterocycles. The SMILES string of the molecule is CC(Oc1cccc(Cl)c1)C(=O)N1CCC(O)(C(F)(F)F)C1. The lowest BCUT2D eigenvalue weighted by molar-refractivity contribution is -0.253. The standard InChI is InChI=1S/C14H15ClF3NO3/c1-9(22-11-4-2-3-10(15)7-11)12(20)19-6-5-13(21,8-19)14(16,17)18/h2-4,7,9,21H,5-6,8H2,1H3. The highest BCUT2D eigenvalue weighted by Crippen LogP contribution is 2.37. The highest BCUT2D eigenvalue weighted by atomic mass is 35.5. The Balaban J connectivity index is 2.00. The minimum absolute atomic E-state index is 0.169. The third-order valence-electron chi connectivity index (χ3n) is 3.54. The molecule has 2 rings (SSSR count). The molecule has 1 heterocycles. The van der Waals surface area contributed by atoms with Gasteiger partial charge in [0, 0.05) is 18.0 Å². The van der Waals surface area contributed by atoms with Crippen molar-refractivity contribution in [1.29, 1.82) is 0 Å². The van der Waals surface area contributed by atoms with Gasteiger partial charge in [0.1, 0.15) is 5.75 Å². The van der Waals surface area contributed by atoms with Crippen LogP contribution in [-0.4, -0.2) is 46.9 Å². The zero-order valence-electron chi connectivity index (χ0n) is 11.7. The van der Waals surface area contributed by atoms with Gasteiger partial charge in [-0.25, -0.2) is 0 Å². The number of benzene rings is 1. The van der Waals surface area contributed by atoms with Gasteiger partial charge in [-0.3, -0.25) is 4.79 Å². The number of carbonyl (C=O) groups excluding carboxylic acids is 1. The van der Waals surface area contributed by atoms with Gasteiger partial charge < -0.3 is 14.7 Å². The van der Waals surface area contributed by atoms with Crippen LogP contribution in [0.1, 0.15) is 13.3 Å². The molecule has 2 atom stereocenters. The molecule has 0 saturated carbocycles. The lowest BCUT2D eigenvalue weighted by Gasteiger charge is -2.27. The summed E-state index contributed by atoms with van der Waals surface area (Å²) in [5, 5.41) is 10.00. The maximum Gasteiger partial charge on any atom is 0.419 e. The van der Waals surface area contributed by atoms with Gasteiger partial charge in [-0.15, -0.1) is 0 Å². The zero-order chi connectivity index (χ0) is 16.5. The van der Waals surface area contributed by atoms with E-state index in [1.807, 2.05) is 0 Å². The summed E-state index contributed by atoms with van der Waals surface area (Å²) in [5.74, 6) is -0.265. The van der Waals surface area contributed by atoms with E-state index >= 15 is 0 Å². The largest absolute Gasteiger partial charge is 0.481 e. The fourth-order valence-corrected chi connectivity index (χ4v) is 2.45. The summed E-state index contributed by atoms with van der Waals surface area (Å²) in [4.78, 5) is 13.1. The summed E-state index contributed by atoms with van der Waals surface area (Å²) >= 11 is 5.79. The lowest BCUT2D eigenvalue weighted by atomic mass is 10.0.